The highest BCUT2D eigenvalue weighted by molar-refractivity contribution is 6.29. The van der Waals surface area contributed by atoms with E-state index in [1.807, 2.05) is 21.3 Å². The van der Waals surface area contributed by atoms with Gasteiger partial charge in [-0.1, -0.05) is 0 Å². The summed E-state index contributed by atoms with van der Waals surface area (Å²) >= 11 is 0. The molecular formula is C11H23BNO2. The molecule has 4 heteroatoms. The Morgan fingerprint density at radius 3 is 2.20 bits per heavy atom. The first-order valence-electron chi connectivity index (χ1n) is 5.77. The maximum absolute atomic E-state index is 9.92. The van der Waals surface area contributed by atoms with Gasteiger partial charge in [-0.25, -0.2) is 0 Å². The third-order valence-corrected chi connectivity index (χ3v) is 3.41. The van der Waals surface area contributed by atoms with Crippen molar-refractivity contribution in [3.63, 3.8) is 0 Å². The fraction of sp³-hybridized carbons (Fsp3) is 1.00. The van der Waals surface area contributed by atoms with Crippen LogP contribution in [0.15, 0.2) is 0 Å². The van der Waals surface area contributed by atoms with Crippen LogP contribution in [0.3, 0.4) is 0 Å². The lowest BCUT2D eigenvalue weighted by molar-refractivity contribution is -0.0912. The van der Waals surface area contributed by atoms with Gasteiger partial charge in [0.05, 0.1) is 11.2 Å². The van der Waals surface area contributed by atoms with Gasteiger partial charge in [0.2, 0.25) is 0 Å². The number of nitrogens with one attached hydrogen (secondary N) is 1. The molecule has 0 spiro atoms. The van der Waals surface area contributed by atoms with Crippen LogP contribution in [0.1, 0.15) is 40.5 Å². The summed E-state index contributed by atoms with van der Waals surface area (Å²) in [6, 6.07) is 0. The van der Waals surface area contributed by atoms with E-state index in [1.54, 1.807) is 13.8 Å². The van der Waals surface area contributed by atoms with Gasteiger partial charge in [0, 0.05) is 0 Å². The van der Waals surface area contributed by atoms with Crippen LogP contribution in [0, 0.1) is 0 Å². The predicted octanol–water partition coefficient (Wildman–Crippen LogP) is 1.34. The fourth-order valence-electron chi connectivity index (χ4n) is 1.39. The van der Waals surface area contributed by atoms with E-state index >= 15 is 0 Å². The van der Waals surface area contributed by atoms with Crippen molar-refractivity contribution in [3.8, 4) is 0 Å². The lowest BCUT2D eigenvalue weighted by Crippen LogP contribution is -2.48. The maximum atomic E-state index is 9.92. The van der Waals surface area contributed by atoms with Crippen molar-refractivity contribution in [2.75, 3.05) is 13.1 Å². The summed E-state index contributed by atoms with van der Waals surface area (Å²) in [5, 5.41) is 13.2. The Morgan fingerprint density at radius 1 is 1.20 bits per heavy atom. The molecule has 87 valence electrons. The van der Waals surface area contributed by atoms with Crippen LogP contribution in [0.4, 0.5) is 0 Å². The third-order valence-electron chi connectivity index (χ3n) is 3.41. The average Bonchev–Trinajstić information content (AvgIpc) is 2.15. The summed E-state index contributed by atoms with van der Waals surface area (Å²) < 4.78 is 5.73. The van der Waals surface area contributed by atoms with E-state index in [9.17, 15) is 5.11 Å². The van der Waals surface area contributed by atoms with Crippen molar-refractivity contribution in [2.24, 2.45) is 0 Å². The zero-order valence-corrected chi connectivity index (χ0v) is 10.3. The van der Waals surface area contributed by atoms with Gasteiger partial charge in [0.15, 0.2) is 0 Å². The SMILES string of the molecule is CC(C)(O)C(C)(C)O[B]C1CCNCC1. The van der Waals surface area contributed by atoms with Crippen LogP contribution in [0.2, 0.25) is 5.82 Å². The first-order chi connectivity index (χ1) is 6.83. The minimum absolute atomic E-state index is 0.521. The smallest absolute Gasteiger partial charge is 0.296 e. The Bertz CT molecular complexity index is 195. The van der Waals surface area contributed by atoms with Crippen molar-refractivity contribution in [2.45, 2.75) is 57.6 Å². The number of hydrogen-bond acceptors (Lipinski definition) is 3. The Balaban J connectivity index is 2.35. The van der Waals surface area contributed by atoms with Crippen molar-refractivity contribution in [1.29, 1.82) is 0 Å². The van der Waals surface area contributed by atoms with Crippen LogP contribution >= 0.6 is 0 Å². The first-order valence-corrected chi connectivity index (χ1v) is 5.77. The molecule has 0 amide bonds. The zero-order valence-electron chi connectivity index (χ0n) is 10.3. The van der Waals surface area contributed by atoms with Gasteiger partial charge in [-0.2, -0.15) is 0 Å². The summed E-state index contributed by atoms with van der Waals surface area (Å²) in [5.41, 5.74) is -1.35. The standard InChI is InChI=1S/C11H23BNO2/c1-10(2,14)11(3,4)15-12-9-5-7-13-8-6-9/h9,13-14H,5-8H2,1-4H3. The van der Waals surface area contributed by atoms with E-state index in [-0.39, 0.29) is 0 Å². The summed E-state index contributed by atoms with van der Waals surface area (Å²) in [6.07, 6.45) is 2.25. The van der Waals surface area contributed by atoms with E-state index < -0.39 is 11.2 Å². The Hall–Kier alpha value is -0.0551. The molecule has 0 aromatic heterocycles. The first kappa shape index (κ1) is 13.0. The highest BCUT2D eigenvalue weighted by Gasteiger charge is 2.36. The van der Waals surface area contributed by atoms with Crippen LogP contribution in [0.25, 0.3) is 0 Å². The second-order valence-electron chi connectivity index (χ2n) is 5.41. The molecule has 1 saturated heterocycles. The topological polar surface area (TPSA) is 41.5 Å². The third kappa shape index (κ3) is 3.78. The second-order valence-corrected chi connectivity index (χ2v) is 5.41. The summed E-state index contributed by atoms with van der Waals surface area (Å²) in [4.78, 5) is 0. The van der Waals surface area contributed by atoms with Crippen molar-refractivity contribution in [1.82, 2.24) is 5.32 Å². The zero-order chi connectivity index (χ0) is 11.5. The van der Waals surface area contributed by atoms with Gasteiger partial charge in [-0.15, -0.1) is 0 Å². The van der Waals surface area contributed by atoms with Gasteiger partial charge < -0.3 is 15.1 Å². The fourth-order valence-corrected chi connectivity index (χ4v) is 1.39. The molecule has 1 radical (unpaired) electrons. The van der Waals surface area contributed by atoms with Crippen LogP contribution in [-0.4, -0.2) is 36.9 Å². The monoisotopic (exact) mass is 212 g/mol. The lowest BCUT2D eigenvalue weighted by Gasteiger charge is -2.38. The molecule has 0 unspecified atom stereocenters. The molecule has 0 aromatic rings. The molecule has 1 heterocycles. The predicted molar refractivity (Wildman–Crippen MR) is 63.1 cm³/mol. The van der Waals surface area contributed by atoms with Crippen LogP contribution < -0.4 is 5.32 Å². The highest BCUT2D eigenvalue weighted by atomic mass is 16.5. The van der Waals surface area contributed by atoms with Gasteiger partial charge in [0.1, 0.15) is 0 Å². The molecule has 0 aliphatic carbocycles. The molecule has 0 atom stereocenters. The molecule has 0 bridgehead atoms. The van der Waals surface area contributed by atoms with Gasteiger partial charge in [-0.3, -0.25) is 0 Å². The Morgan fingerprint density at radius 2 is 1.73 bits per heavy atom. The minimum atomic E-state index is -0.823. The normalized spacial score (nSPS) is 20.3. The van der Waals surface area contributed by atoms with Gasteiger partial charge >= 0.3 is 0 Å². The summed E-state index contributed by atoms with van der Waals surface area (Å²) in [7, 11) is 1.92. The molecule has 0 saturated carbocycles. The molecule has 15 heavy (non-hydrogen) atoms. The van der Waals surface area contributed by atoms with E-state index in [4.69, 9.17) is 4.65 Å². The molecular weight excluding hydrogens is 189 g/mol. The van der Waals surface area contributed by atoms with Crippen molar-refractivity contribution < 1.29 is 9.76 Å². The lowest BCUT2D eigenvalue weighted by atomic mass is 9.72. The Kier molecular flexibility index (Phi) is 4.21. The van der Waals surface area contributed by atoms with E-state index in [0.29, 0.717) is 5.82 Å². The second kappa shape index (κ2) is 4.85. The number of aliphatic hydroxyl groups is 1. The van der Waals surface area contributed by atoms with Gasteiger partial charge in [0.25, 0.3) is 7.48 Å². The Labute approximate surface area is 93.9 Å². The van der Waals surface area contributed by atoms with Crippen LogP contribution in [-0.2, 0) is 4.65 Å². The largest absolute Gasteiger partial charge is 0.433 e. The van der Waals surface area contributed by atoms with E-state index in [2.05, 4.69) is 5.32 Å². The minimum Gasteiger partial charge on any atom is -0.433 e. The van der Waals surface area contributed by atoms with Crippen molar-refractivity contribution >= 4 is 7.48 Å². The molecule has 2 N–H and O–H groups in total. The quantitative estimate of drug-likeness (QED) is 0.691. The number of piperidine rings is 1. The van der Waals surface area contributed by atoms with Gasteiger partial charge in [-0.05, 0) is 59.4 Å². The molecule has 1 aliphatic rings. The molecule has 1 rings (SSSR count). The highest BCUT2D eigenvalue weighted by Crippen LogP contribution is 2.27. The van der Waals surface area contributed by atoms with Crippen molar-refractivity contribution in [3.05, 3.63) is 0 Å². The summed E-state index contributed by atoms with van der Waals surface area (Å²) in [6.45, 7) is 9.53. The van der Waals surface area contributed by atoms with E-state index in [1.165, 1.54) is 0 Å². The number of hydrogen-bond donors (Lipinski definition) is 2. The molecule has 1 fully saturated rings. The summed E-state index contributed by atoms with van der Waals surface area (Å²) in [5.74, 6) is 0.521. The average molecular weight is 212 g/mol. The van der Waals surface area contributed by atoms with E-state index in [0.717, 1.165) is 25.9 Å². The van der Waals surface area contributed by atoms with Crippen LogP contribution in [0.5, 0.6) is 0 Å². The maximum Gasteiger partial charge on any atom is 0.296 e. The molecule has 3 nitrogen and oxygen atoms in total. The molecule has 0 aromatic carbocycles. The number of rotatable bonds is 4. The molecule has 1 aliphatic heterocycles.